The molecule has 0 radical (unpaired) electrons. The Hall–Kier alpha value is -1.09. The minimum Gasteiger partial charge on any atom is -0.385 e. The molecule has 0 aromatic carbocycles. The average Bonchev–Trinajstić information content (AvgIpc) is 2.37. The van der Waals surface area contributed by atoms with Gasteiger partial charge < -0.3 is 10.2 Å². The topological polar surface area (TPSA) is 28.2 Å². The quantitative estimate of drug-likeness (QED) is 0.679. The van der Waals surface area contributed by atoms with E-state index in [1.807, 2.05) is 12.3 Å². The molecule has 0 saturated carbocycles. The molecule has 0 fully saturated rings. The third-order valence-corrected chi connectivity index (χ3v) is 2.97. The van der Waals surface area contributed by atoms with Crippen LogP contribution in [0.15, 0.2) is 18.3 Å². The van der Waals surface area contributed by atoms with Crippen molar-refractivity contribution in [2.75, 3.05) is 25.5 Å². The summed E-state index contributed by atoms with van der Waals surface area (Å²) < 4.78 is 0. The van der Waals surface area contributed by atoms with E-state index in [0.29, 0.717) is 0 Å². The monoisotopic (exact) mass is 249 g/mol. The maximum Gasteiger partial charge on any atom is 0.0564 e. The molecule has 3 heteroatoms. The Kier molecular flexibility index (Phi) is 7.42. The molecule has 0 aliphatic rings. The Bertz CT molecular complexity index is 325. The number of hydrogen-bond acceptors (Lipinski definition) is 3. The Morgan fingerprint density at radius 1 is 1.22 bits per heavy atom. The van der Waals surface area contributed by atoms with E-state index < -0.39 is 0 Å². The van der Waals surface area contributed by atoms with Crippen LogP contribution in [-0.2, 0) is 6.54 Å². The summed E-state index contributed by atoms with van der Waals surface area (Å²) in [6.07, 6.45) is 6.92. The highest BCUT2D eigenvalue weighted by atomic mass is 15.1. The van der Waals surface area contributed by atoms with Crippen LogP contribution in [0.5, 0.6) is 0 Å². The lowest BCUT2D eigenvalue weighted by Crippen LogP contribution is -2.19. The molecular weight excluding hydrogens is 222 g/mol. The van der Waals surface area contributed by atoms with Crippen molar-refractivity contribution in [3.05, 3.63) is 24.0 Å². The SMILES string of the molecule is CCCCCN(C)Cc1cc(NCCC)ccn1. The van der Waals surface area contributed by atoms with E-state index in [0.717, 1.165) is 31.7 Å². The molecule has 0 spiro atoms. The molecular formula is C15H27N3. The Morgan fingerprint density at radius 3 is 2.78 bits per heavy atom. The molecule has 18 heavy (non-hydrogen) atoms. The number of rotatable bonds is 9. The lowest BCUT2D eigenvalue weighted by atomic mass is 10.2. The first-order chi connectivity index (χ1) is 8.76. The molecule has 102 valence electrons. The van der Waals surface area contributed by atoms with Gasteiger partial charge in [-0.2, -0.15) is 0 Å². The molecule has 1 rings (SSSR count). The summed E-state index contributed by atoms with van der Waals surface area (Å²) in [5.74, 6) is 0. The lowest BCUT2D eigenvalue weighted by Gasteiger charge is -2.16. The van der Waals surface area contributed by atoms with Crippen molar-refractivity contribution in [1.29, 1.82) is 0 Å². The van der Waals surface area contributed by atoms with Gasteiger partial charge in [-0.3, -0.25) is 4.98 Å². The number of anilines is 1. The van der Waals surface area contributed by atoms with Crippen molar-refractivity contribution in [3.63, 3.8) is 0 Å². The number of aromatic nitrogens is 1. The molecule has 3 nitrogen and oxygen atoms in total. The highest BCUT2D eigenvalue weighted by Crippen LogP contribution is 2.10. The van der Waals surface area contributed by atoms with Crippen LogP contribution in [-0.4, -0.2) is 30.0 Å². The smallest absolute Gasteiger partial charge is 0.0564 e. The zero-order valence-corrected chi connectivity index (χ0v) is 12.1. The van der Waals surface area contributed by atoms with Crippen molar-refractivity contribution >= 4 is 5.69 Å². The zero-order chi connectivity index (χ0) is 13.2. The van der Waals surface area contributed by atoms with E-state index in [1.54, 1.807) is 0 Å². The van der Waals surface area contributed by atoms with Crippen LogP contribution in [0.3, 0.4) is 0 Å². The van der Waals surface area contributed by atoms with E-state index in [4.69, 9.17) is 0 Å². The molecule has 1 heterocycles. The lowest BCUT2D eigenvalue weighted by molar-refractivity contribution is 0.314. The first-order valence-corrected chi connectivity index (χ1v) is 7.13. The van der Waals surface area contributed by atoms with Gasteiger partial charge in [0.25, 0.3) is 0 Å². The molecule has 0 unspecified atom stereocenters. The maximum atomic E-state index is 4.43. The van der Waals surface area contributed by atoms with Gasteiger partial charge in [-0.05, 0) is 38.6 Å². The van der Waals surface area contributed by atoms with Crippen LogP contribution in [0.2, 0.25) is 0 Å². The molecule has 1 aromatic rings. The standard InChI is InChI=1S/C15H27N3/c1-4-6-7-11-18(3)13-15-12-14(8-10-17-15)16-9-5-2/h8,10,12H,4-7,9,11,13H2,1-3H3,(H,16,17). The van der Waals surface area contributed by atoms with Gasteiger partial charge in [0.15, 0.2) is 0 Å². The molecule has 0 atom stereocenters. The molecule has 0 aliphatic heterocycles. The molecule has 0 amide bonds. The molecule has 0 saturated heterocycles. The third-order valence-electron chi connectivity index (χ3n) is 2.97. The predicted octanol–water partition coefficient (Wildman–Crippen LogP) is 3.53. The summed E-state index contributed by atoms with van der Waals surface area (Å²) in [7, 11) is 2.17. The summed E-state index contributed by atoms with van der Waals surface area (Å²) in [6, 6.07) is 4.20. The van der Waals surface area contributed by atoms with Gasteiger partial charge >= 0.3 is 0 Å². The number of nitrogens with zero attached hydrogens (tertiary/aromatic N) is 2. The minimum atomic E-state index is 0.936. The van der Waals surface area contributed by atoms with Crippen molar-refractivity contribution in [1.82, 2.24) is 9.88 Å². The highest BCUT2D eigenvalue weighted by Gasteiger charge is 2.02. The van der Waals surface area contributed by atoms with Gasteiger partial charge in [0.05, 0.1) is 5.69 Å². The van der Waals surface area contributed by atoms with Crippen molar-refractivity contribution in [3.8, 4) is 0 Å². The van der Waals surface area contributed by atoms with E-state index in [9.17, 15) is 0 Å². The van der Waals surface area contributed by atoms with Crippen LogP contribution in [0.4, 0.5) is 5.69 Å². The number of pyridine rings is 1. The Labute approximate surface area is 112 Å². The fourth-order valence-electron chi connectivity index (χ4n) is 1.93. The van der Waals surface area contributed by atoms with Crippen molar-refractivity contribution < 1.29 is 0 Å². The summed E-state index contributed by atoms with van der Waals surface area (Å²) in [4.78, 5) is 6.78. The van der Waals surface area contributed by atoms with Gasteiger partial charge in [0.2, 0.25) is 0 Å². The van der Waals surface area contributed by atoms with Crippen LogP contribution in [0, 0.1) is 0 Å². The van der Waals surface area contributed by atoms with Crippen molar-refractivity contribution in [2.45, 2.75) is 46.1 Å². The normalized spacial score (nSPS) is 10.9. The number of unbranched alkanes of at least 4 members (excludes halogenated alkanes) is 2. The van der Waals surface area contributed by atoms with Crippen LogP contribution in [0.1, 0.15) is 45.2 Å². The molecule has 1 aromatic heterocycles. The average molecular weight is 249 g/mol. The molecule has 0 aliphatic carbocycles. The summed E-state index contributed by atoms with van der Waals surface area (Å²) in [5.41, 5.74) is 2.33. The minimum absolute atomic E-state index is 0.936. The maximum absolute atomic E-state index is 4.43. The van der Waals surface area contributed by atoms with E-state index >= 15 is 0 Å². The van der Waals surface area contributed by atoms with Gasteiger partial charge in [-0.1, -0.05) is 26.7 Å². The predicted molar refractivity (Wildman–Crippen MR) is 78.9 cm³/mol. The molecule has 1 N–H and O–H groups in total. The van der Waals surface area contributed by atoms with Crippen LogP contribution >= 0.6 is 0 Å². The second-order valence-corrected chi connectivity index (χ2v) is 4.91. The Morgan fingerprint density at radius 2 is 2.06 bits per heavy atom. The first-order valence-electron chi connectivity index (χ1n) is 7.13. The second kappa shape index (κ2) is 8.92. The van der Waals surface area contributed by atoms with Gasteiger partial charge in [0.1, 0.15) is 0 Å². The molecule has 0 bridgehead atoms. The van der Waals surface area contributed by atoms with E-state index in [-0.39, 0.29) is 0 Å². The summed E-state index contributed by atoms with van der Waals surface area (Å²) in [6.45, 7) is 7.53. The number of nitrogens with one attached hydrogen (secondary N) is 1. The largest absolute Gasteiger partial charge is 0.385 e. The van der Waals surface area contributed by atoms with Gasteiger partial charge in [-0.25, -0.2) is 0 Å². The summed E-state index contributed by atoms with van der Waals surface area (Å²) in [5, 5.41) is 3.40. The third kappa shape index (κ3) is 6.01. The van der Waals surface area contributed by atoms with Crippen molar-refractivity contribution in [2.24, 2.45) is 0 Å². The van der Waals surface area contributed by atoms with Gasteiger partial charge in [-0.15, -0.1) is 0 Å². The highest BCUT2D eigenvalue weighted by molar-refractivity contribution is 5.43. The fourth-order valence-corrected chi connectivity index (χ4v) is 1.93. The number of hydrogen-bond donors (Lipinski definition) is 1. The zero-order valence-electron chi connectivity index (χ0n) is 12.1. The van der Waals surface area contributed by atoms with E-state index in [2.05, 4.69) is 42.2 Å². The van der Waals surface area contributed by atoms with Crippen LogP contribution < -0.4 is 5.32 Å². The first kappa shape index (κ1) is 15.0. The fraction of sp³-hybridized carbons (Fsp3) is 0.667. The van der Waals surface area contributed by atoms with E-state index in [1.165, 1.54) is 24.9 Å². The van der Waals surface area contributed by atoms with Crippen LogP contribution in [0.25, 0.3) is 0 Å². The second-order valence-electron chi connectivity index (χ2n) is 4.91. The Balaban J connectivity index is 2.40. The summed E-state index contributed by atoms with van der Waals surface area (Å²) >= 11 is 0. The van der Waals surface area contributed by atoms with Gasteiger partial charge in [0, 0.05) is 25.0 Å².